The van der Waals surface area contributed by atoms with Gasteiger partial charge in [-0.3, -0.25) is 9.89 Å². The zero-order valence-corrected chi connectivity index (χ0v) is 19.6. The highest BCUT2D eigenvalue weighted by Gasteiger charge is 2.39. The number of carbonyl (C=O) groups is 2. The Bertz CT molecular complexity index is 1160. The molecule has 176 valence electrons. The smallest absolute Gasteiger partial charge is 0.319 e. The normalized spacial score (nSPS) is 20.3. The van der Waals surface area contributed by atoms with Crippen LogP contribution in [0.4, 0.5) is 10.6 Å². The number of aromatic nitrogens is 2. The van der Waals surface area contributed by atoms with E-state index in [9.17, 15) is 9.59 Å². The van der Waals surface area contributed by atoms with Crippen LogP contribution in [0.15, 0.2) is 60.7 Å². The number of hydrogen-bond donors (Lipinski definition) is 2. The SMILES string of the molecule is CC1c2[nH]nc(NC(=O)c3ccccc3)c2CN1C(=O)N1CCN(C)C[C@@H]1Cc1ccccc1. The van der Waals surface area contributed by atoms with Crippen LogP contribution >= 0.6 is 0 Å². The van der Waals surface area contributed by atoms with Crippen LogP contribution in [0.3, 0.4) is 0 Å². The largest absolute Gasteiger partial charge is 0.321 e. The first-order valence-corrected chi connectivity index (χ1v) is 11.7. The van der Waals surface area contributed by atoms with Crippen molar-refractivity contribution in [3.8, 4) is 0 Å². The second kappa shape index (κ2) is 9.30. The van der Waals surface area contributed by atoms with Gasteiger partial charge in [0.2, 0.25) is 0 Å². The number of rotatable bonds is 4. The molecule has 2 atom stereocenters. The van der Waals surface area contributed by atoms with Gasteiger partial charge in [0.05, 0.1) is 24.3 Å². The van der Waals surface area contributed by atoms with Gasteiger partial charge in [-0.05, 0) is 38.1 Å². The maximum Gasteiger partial charge on any atom is 0.321 e. The predicted octanol–water partition coefficient (Wildman–Crippen LogP) is 3.52. The summed E-state index contributed by atoms with van der Waals surface area (Å²) in [5.74, 6) is 0.277. The van der Waals surface area contributed by atoms with Crippen molar-refractivity contribution in [3.05, 3.63) is 83.0 Å². The maximum absolute atomic E-state index is 13.8. The molecule has 0 saturated carbocycles. The third kappa shape index (κ3) is 4.28. The molecule has 2 aliphatic rings. The van der Waals surface area contributed by atoms with Crippen molar-refractivity contribution in [2.75, 3.05) is 32.0 Å². The van der Waals surface area contributed by atoms with Crippen molar-refractivity contribution >= 4 is 17.8 Å². The van der Waals surface area contributed by atoms with Gasteiger partial charge in [0.25, 0.3) is 5.91 Å². The third-order valence-corrected chi connectivity index (χ3v) is 6.87. The van der Waals surface area contributed by atoms with Crippen LogP contribution in [-0.2, 0) is 13.0 Å². The highest BCUT2D eigenvalue weighted by molar-refractivity contribution is 6.04. The number of nitrogens with zero attached hydrogens (tertiary/aromatic N) is 4. The van der Waals surface area contributed by atoms with E-state index in [1.54, 1.807) is 12.1 Å². The minimum Gasteiger partial charge on any atom is -0.319 e. The number of H-pyrrole nitrogens is 1. The summed E-state index contributed by atoms with van der Waals surface area (Å²) in [5.41, 5.74) is 3.55. The van der Waals surface area contributed by atoms with Crippen LogP contribution in [0.1, 0.15) is 40.1 Å². The van der Waals surface area contributed by atoms with Crippen molar-refractivity contribution in [1.29, 1.82) is 0 Å². The molecule has 1 aromatic heterocycles. The van der Waals surface area contributed by atoms with Gasteiger partial charge in [-0.1, -0.05) is 48.5 Å². The molecule has 3 aromatic rings. The molecule has 0 radical (unpaired) electrons. The molecular formula is C26H30N6O2. The Balaban J connectivity index is 1.32. The van der Waals surface area contributed by atoms with Gasteiger partial charge in [-0.2, -0.15) is 5.10 Å². The van der Waals surface area contributed by atoms with Crippen molar-refractivity contribution in [1.82, 2.24) is 24.9 Å². The van der Waals surface area contributed by atoms with Gasteiger partial charge >= 0.3 is 6.03 Å². The predicted molar refractivity (Wildman–Crippen MR) is 130 cm³/mol. The average molecular weight is 459 g/mol. The fourth-order valence-corrected chi connectivity index (χ4v) is 4.94. The number of nitrogens with one attached hydrogen (secondary N) is 2. The summed E-state index contributed by atoms with van der Waals surface area (Å²) < 4.78 is 0. The minimum atomic E-state index is -0.214. The molecule has 2 aromatic carbocycles. The number of fused-ring (bicyclic) bond motifs is 1. The number of piperazine rings is 1. The first-order chi connectivity index (χ1) is 16.5. The summed E-state index contributed by atoms with van der Waals surface area (Å²) in [5, 5.41) is 10.3. The molecule has 2 N–H and O–H groups in total. The van der Waals surface area contributed by atoms with Gasteiger partial charge in [0.1, 0.15) is 0 Å². The number of urea groups is 1. The molecule has 2 aliphatic heterocycles. The van der Waals surface area contributed by atoms with Gasteiger partial charge in [-0.15, -0.1) is 0 Å². The van der Waals surface area contributed by atoms with Crippen LogP contribution < -0.4 is 5.32 Å². The molecule has 1 unspecified atom stereocenters. The Morgan fingerprint density at radius 1 is 1.03 bits per heavy atom. The molecule has 34 heavy (non-hydrogen) atoms. The highest BCUT2D eigenvalue weighted by atomic mass is 16.2. The molecule has 0 bridgehead atoms. The van der Waals surface area contributed by atoms with E-state index in [-0.39, 0.29) is 24.0 Å². The van der Waals surface area contributed by atoms with Gasteiger partial charge in [-0.25, -0.2) is 4.79 Å². The van der Waals surface area contributed by atoms with E-state index >= 15 is 0 Å². The Hall–Kier alpha value is -3.65. The Morgan fingerprint density at radius 3 is 2.47 bits per heavy atom. The van der Waals surface area contributed by atoms with Crippen molar-refractivity contribution in [2.45, 2.75) is 32.0 Å². The summed E-state index contributed by atoms with van der Waals surface area (Å²) >= 11 is 0. The highest BCUT2D eigenvalue weighted by Crippen LogP contribution is 2.37. The lowest BCUT2D eigenvalue weighted by atomic mass is 10.0. The summed E-state index contributed by atoms with van der Waals surface area (Å²) in [4.78, 5) is 32.6. The Labute approximate surface area is 199 Å². The number of hydrogen-bond acceptors (Lipinski definition) is 4. The number of anilines is 1. The zero-order valence-electron chi connectivity index (χ0n) is 19.6. The number of amides is 3. The molecule has 8 nitrogen and oxygen atoms in total. The zero-order chi connectivity index (χ0) is 23.7. The van der Waals surface area contributed by atoms with Crippen LogP contribution in [0.25, 0.3) is 0 Å². The quantitative estimate of drug-likeness (QED) is 0.627. The van der Waals surface area contributed by atoms with Gasteiger partial charge in [0.15, 0.2) is 5.82 Å². The van der Waals surface area contributed by atoms with Crippen LogP contribution in [0.5, 0.6) is 0 Å². The van der Waals surface area contributed by atoms with Crippen LogP contribution in [0.2, 0.25) is 0 Å². The molecule has 1 saturated heterocycles. The molecular weight excluding hydrogens is 428 g/mol. The van der Waals surface area contributed by atoms with Crippen LogP contribution in [-0.4, -0.2) is 69.6 Å². The first-order valence-electron chi connectivity index (χ1n) is 11.7. The van der Waals surface area contributed by atoms with E-state index in [2.05, 4.69) is 39.6 Å². The maximum atomic E-state index is 13.8. The van der Waals surface area contributed by atoms with E-state index in [1.807, 2.05) is 53.1 Å². The number of carbonyl (C=O) groups excluding carboxylic acids is 2. The fraction of sp³-hybridized carbons (Fsp3) is 0.346. The van der Waals surface area contributed by atoms with Crippen molar-refractivity contribution in [3.63, 3.8) is 0 Å². The van der Waals surface area contributed by atoms with Crippen molar-refractivity contribution in [2.24, 2.45) is 0 Å². The number of likely N-dealkylation sites (N-methyl/N-ethyl adjacent to an activating group) is 1. The second-order valence-electron chi connectivity index (χ2n) is 9.17. The molecule has 3 amide bonds. The number of benzene rings is 2. The molecule has 3 heterocycles. The summed E-state index contributed by atoms with van der Waals surface area (Å²) in [7, 11) is 2.11. The molecule has 5 rings (SSSR count). The number of aromatic amines is 1. The van der Waals surface area contributed by atoms with Crippen molar-refractivity contribution < 1.29 is 9.59 Å². The van der Waals surface area contributed by atoms with E-state index in [1.165, 1.54) is 5.56 Å². The average Bonchev–Trinajstić information content (AvgIpc) is 3.40. The fourth-order valence-electron chi connectivity index (χ4n) is 4.94. The molecule has 0 spiro atoms. The molecule has 8 heteroatoms. The van der Waals surface area contributed by atoms with E-state index in [0.717, 1.165) is 30.8 Å². The topological polar surface area (TPSA) is 84.6 Å². The van der Waals surface area contributed by atoms with Gasteiger partial charge in [0, 0.05) is 30.8 Å². The monoisotopic (exact) mass is 458 g/mol. The lowest BCUT2D eigenvalue weighted by Crippen LogP contribution is -2.57. The lowest BCUT2D eigenvalue weighted by molar-refractivity contribution is 0.0781. The van der Waals surface area contributed by atoms with Crippen LogP contribution in [0, 0.1) is 0 Å². The second-order valence-corrected chi connectivity index (χ2v) is 9.17. The Morgan fingerprint density at radius 2 is 1.74 bits per heavy atom. The van der Waals surface area contributed by atoms with E-state index in [0.29, 0.717) is 24.5 Å². The standard InChI is InChI=1S/C26H30N6O2/c1-18-23-22(24(29-28-23)27-25(33)20-11-7-4-8-12-20)17-32(18)26(34)31-14-13-30(2)16-21(31)15-19-9-5-3-6-10-19/h3-12,18,21H,13-17H2,1-2H3,(H2,27,28,29,33)/t18?,21-/m0/s1. The van der Waals surface area contributed by atoms with E-state index < -0.39 is 0 Å². The summed E-state index contributed by atoms with van der Waals surface area (Å²) in [6.07, 6.45) is 0.824. The molecule has 1 fully saturated rings. The van der Waals surface area contributed by atoms with Gasteiger partial charge < -0.3 is 20.0 Å². The third-order valence-electron chi connectivity index (χ3n) is 6.87. The summed E-state index contributed by atoms with van der Waals surface area (Å²) in [6.45, 7) is 4.81. The van der Waals surface area contributed by atoms with E-state index in [4.69, 9.17) is 0 Å². The molecule has 0 aliphatic carbocycles. The minimum absolute atomic E-state index is 0.0338. The Kier molecular flexibility index (Phi) is 6.06. The first kappa shape index (κ1) is 22.2. The summed E-state index contributed by atoms with van der Waals surface area (Å²) in [6, 6.07) is 19.4. The lowest BCUT2D eigenvalue weighted by Gasteiger charge is -2.42.